The van der Waals surface area contributed by atoms with Crippen molar-refractivity contribution in [1.29, 1.82) is 0 Å². The number of rotatable bonds is 7. The molecule has 10 heteroatoms. The van der Waals surface area contributed by atoms with Crippen LogP contribution >= 0.6 is 23.2 Å². The number of likely N-dealkylation sites (tertiary alicyclic amines) is 1. The van der Waals surface area contributed by atoms with Crippen molar-refractivity contribution >= 4 is 46.7 Å². The Morgan fingerprint density at radius 1 is 1.22 bits per heavy atom. The standard InChI is InChI=1S/C17H22Cl2N4O4/c1-27-6-4-20-17(26)22-15(24)10-23-5-2-3-14(23)16(25)21-13-8-11(18)7-12(19)9-13/h7-9,14H,2-6,10H2,1H3,(H,21,25)(H2,20,22,24,26). The van der Waals surface area contributed by atoms with E-state index in [2.05, 4.69) is 16.0 Å². The summed E-state index contributed by atoms with van der Waals surface area (Å²) in [5, 5.41) is 8.34. The first-order valence-corrected chi connectivity index (χ1v) is 9.22. The molecule has 3 N–H and O–H groups in total. The normalized spacial score (nSPS) is 16.8. The summed E-state index contributed by atoms with van der Waals surface area (Å²) in [5.41, 5.74) is 0.492. The van der Waals surface area contributed by atoms with Gasteiger partial charge in [0.2, 0.25) is 11.8 Å². The molecule has 0 spiro atoms. The van der Waals surface area contributed by atoms with Gasteiger partial charge in [0, 0.05) is 29.4 Å². The molecule has 1 unspecified atom stereocenters. The number of imide groups is 1. The van der Waals surface area contributed by atoms with Gasteiger partial charge in [-0.3, -0.25) is 19.8 Å². The Bertz CT molecular complexity index is 681. The number of carbonyl (C=O) groups excluding carboxylic acids is 3. The van der Waals surface area contributed by atoms with Gasteiger partial charge in [0.1, 0.15) is 0 Å². The zero-order valence-electron chi connectivity index (χ0n) is 14.9. The van der Waals surface area contributed by atoms with Crippen LogP contribution in [0.4, 0.5) is 10.5 Å². The Labute approximate surface area is 167 Å². The van der Waals surface area contributed by atoms with Crippen LogP contribution in [0.15, 0.2) is 18.2 Å². The quantitative estimate of drug-likeness (QED) is 0.589. The fourth-order valence-electron chi connectivity index (χ4n) is 2.83. The molecule has 1 heterocycles. The highest BCUT2D eigenvalue weighted by atomic mass is 35.5. The second-order valence-electron chi connectivity index (χ2n) is 6.07. The molecule has 0 bridgehead atoms. The first-order chi connectivity index (χ1) is 12.9. The summed E-state index contributed by atoms with van der Waals surface area (Å²) in [4.78, 5) is 37.9. The number of amides is 4. The number of methoxy groups -OCH3 is 1. The first kappa shape index (κ1) is 21.4. The summed E-state index contributed by atoms with van der Waals surface area (Å²) >= 11 is 11.9. The fourth-order valence-corrected chi connectivity index (χ4v) is 3.35. The van der Waals surface area contributed by atoms with E-state index in [1.165, 1.54) is 7.11 Å². The van der Waals surface area contributed by atoms with Crippen LogP contribution < -0.4 is 16.0 Å². The molecule has 0 aromatic heterocycles. The predicted molar refractivity (Wildman–Crippen MR) is 103 cm³/mol. The Hall–Kier alpha value is -1.87. The van der Waals surface area contributed by atoms with Gasteiger partial charge in [-0.05, 0) is 37.6 Å². The average molecular weight is 417 g/mol. The highest BCUT2D eigenvalue weighted by Gasteiger charge is 2.32. The lowest BCUT2D eigenvalue weighted by Gasteiger charge is -2.23. The third-order valence-electron chi connectivity index (χ3n) is 3.99. The summed E-state index contributed by atoms with van der Waals surface area (Å²) in [5.74, 6) is -0.724. The molecule has 2 rings (SSSR count). The molecule has 4 amide bonds. The lowest BCUT2D eigenvalue weighted by Crippen LogP contribution is -2.48. The molecule has 1 aliphatic heterocycles. The molecule has 1 fully saturated rings. The van der Waals surface area contributed by atoms with Crippen molar-refractivity contribution in [2.75, 3.05) is 38.7 Å². The van der Waals surface area contributed by atoms with Gasteiger partial charge in [-0.25, -0.2) is 4.79 Å². The Balaban J connectivity index is 1.87. The first-order valence-electron chi connectivity index (χ1n) is 8.46. The monoisotopic (exact) mass is 416 g/mol. The van der Waals surface area contributed by atoms with E-state index in [1.807, 2.05) is 0 Å². The summed E-state index contributed by atoms with van der Waals surface area (Å²) in [6.07, 6.45) is 1.40. The van der Waals surface area contributed by atoms with Crippen molar-refractivity contribution in [3.8, 4) is 0 Å². The van der Waals surface area contributed by atoms with Crippen molar-refractivity contribution < 1.29 is 19.1 Å². The predicted octanol–water partition coefficient (Wildman–Crippen LogP) is 1.87. The Morgan fingerprint density at radius 2 is 1.93 bits per heavy atom. The number of urea groups is 1. The average Bonchev–Trinajstić information content (AvgIpc) is 3.02. The highest BCUT2D eigenvalue weighted by molar-refractivity contribution is 6.35. The molecular formula is C17H22Cl2N4O4. The van der Waals surface area contributed by atoms with Crippen molar-refractivity contribution in [3.05, 3.63) is 28.2 Å². The second-order valence-corrected chi connectivity index (χ2v) is 6.95. The van der Waals surface area contributed by atoms with Crippen LogP contribution in [0.25, 0.3) is 0 Å². The highest BCUT2D eigenvalue weighted by Crippen LogP contribution is 2.24. The number of carbonyl (C=O) groups is 3. The molecule has 148 valence electrons. The van der Waals surface area contributed by atoms with E-state index < -0.39 is 18.0 Å². The van der Waals surface area contributed by atoms with Crippen LogP contribution in [0.2, 0.25) is 10.0 Å². The molecule has 0 aliphatic carbocycles. The van der Waals surface area contributed by atoms with Gasteiger partial charge in [0.15, 0.2) is 0 Å². The van der Waals surface area contributed by atoms with Crippen LogP contribution in [0, 0.1) is 0 Å². The number of nitrogens with one attached hydrogen (secondary N) is 3. The molecule has 1 aromatic rings. The lowest BCUT2D eigenvalue weighted by atomic mass is 10.2. The number of hydrogen-bond acceptors (Lipinski definition) is 5. The van der Waals surface area contributed by atoms with Crippen LogP contribution in [0.1, 0.15) is 12.8 Å². The van der Waals surface area contributed by atoms with E-state index in [0.29, 0.717) is 41.8 Å². The molecular weight excluding hydrogens is 395 g/mol. The van der Waals surface area contributed by atoms with Crippen molar-refractivity contribution in [1.82, 2.24) is 15.5 Å². The van der Waals surface area contributed by atoms with E-state index in [9.17, 15) is 14.4 Å². The second kappa shape index (κ2) is 10.5. The maximum atomic E-state index is 12.6. The number of halogens is 2. The van der Waals surface area contributed by atoms with Gasteiger partial charge in [0.05, 0.1) is 19.2 Å². The van der Waals surface area contributed by atoms with Gasteiger partial charge < -0.3 is 15.4 Å². The fraction of sp³-hybridized carbons (Fsp3) is 0.471. The van der Waals surface area contributed by atoms with Crippen LogP contribution in [-0.2, 0) is 14.3 Å². The van der Waals surface area contributed by atoms with Crippen LogP contribution in [-0.4, -0.2) is 62.1 Å². The molecule has 0 saturated carbocycles. The molecule has 27 heavy (non-hydrogen) atoms. The Morgan fingerprint density at radius 3 is 2.59 bits per heavy atom. The maximum Gasteiger partial charge on any atom is 0.321 e. The largest absolute Gasteiger partial charge is 0.383 e. The van der Waals surface area contributed by atoms with E-state index in [-0.39, 0.29) is 12.5 Å². The summed E-state index contributed by atoms with van der Waals surface area (Å²) < 4.78 is 4.81. The molecule has 0 radical (unpaired) electrons. The number of hydrogen-bond donors (Lipinski definition) is 3. The third-order valence-corrected chi connectivity index (χ3v) is 4.42. The van der Waals surface area contributed by atoms with Crippen LogP contribution in [0.3, 0.4) is 0 Å². The van der Waals surface area contributed by atoms with Gasteiger partial charge in [-0.15, -0.1) is 0 Å². The van der Waals surface area contributed by atoms with Gasteiger partial charge in [-0.2, -0.15) is 0 Å². The Kier molecular flexibility index (Phi) is 8.30. The molecule has 1 atom stereocenters. The van der Waals surface area contributed by atoms with Crippen molar-refractivity contribution in [2.45, 2.75) is 18.9 Å². The third kappa shape index (κ3) is 6.99. The topological polar surface area (TPSA) is 99.8 Å². The van der Waals surface area contributed by atoms with E-state index >= 15 is 0 Å². The van der Waals surface area contributed by atoms with Gasteiger partial charge in [-0.1, -0.05) is 23.2 Å². The van der Waals surface area contributed by atoms with E-state index in [4.69, 9.17) is 27.9 Å². The summed E-state index contributed by atoms with van der Waals surface area (Å²) in [6, 6.07) is 3.71. The maximum absolute atomic E-state index is 12.6. The van der Waals surface area contributed by atoms with Crippen molar-refractivity contribution in [3.63, 3.8) is 0 Å². The minimum absolute atomic E-state index is 0.0495. The van der Waals surface area contributed by atoms with E-state index in [0.717, 1.165) is 6.42 Å². The molecule has 1 aromatic carbocycles. The minimum atomic E-state index is -0.592. The molecule has 8 nitrogen and oxygen atoms in total. The number of anilines is 1. The number of ether oxygens (including phenoxy) is 1. The zero-order valence-corrected chi connectivity index (χ0v) is 16.4. The van der Waals surface area contributed by atoms with Gasteiger partial charge >= 0.3 is 6.03 Å². The SMILES string of the molecule is COCCNC(=O)NC(=O)CN1CCCC1C(=O)Nc1cc(Cl)cc(Cl)c1. The summed E-state index contributed by atoms with van der Waals surface area (Å²) in [6.45, 7) is 1.19. The zero-order chi connectivity index (χ0) is 19.8. The molecule has 1 saturated heterocycles. The van der Waals surface area contributed by atoms with Crippen LogP contribution in [0.5, 0.6) is 0 Å². The van der Waals surface area contributed by atoms with Gasteiger partial charge in [0.25, 0.3) is 0 Å². The number of benzene rings is 1. The number of nitrogens with zero attached hydrogens (tertiary/aromatic N) is 1. The molecule has 1 aliphatic rings. The smallest absolute Gasteiger partial charge is 0.321 e. The van der Waals surface area contributed by atoms with Crippen molar-refractivity contribution in [2.24, 2.45) is 0 Å². The summed E-state index contributed by atoms with van der Waals surface area (Å²) in [7, 11) is 1.51. The lowest BCUT2D eigenvalue weighted by molar-refractivity contribution is -0.124. The minimum Gasteiger partial charge on any atom is -0.383 e. The van der Waals surface area contributed by atoms with E-state index in [1.54, 1.807) is 23.1 Å².